The number of aromatic nitrogens is 6. The van der Waals surface area contributed by atoms with Crippen molar-refractivity contribution in [1.29, 1.82) is 0 Å². The number of ether oxygens (including phenoxy) is 1. The summed E-state index contributed by atoms with van der Waals surface area (Å²) < 4.78 is 7.20. The van der Waals surface area contributed by atoms with Gasteiger partial charge in [0.05, 0.1) is 31.2 Å². The second kappa shape index (κ2) is 13.0. The number of amides is 2. The molecule has 0 saturated carbocycles. The molecule has 1 atom stereocenters. The molecule has 2 amide bonds. The van der Waals surface area contributed by atoms with E-state index in [-0.39, 0.29) is 17.7 Å². The minimum Gasteiger partial charge on any atom is -0.380 e. The van der Waals surface area contributed by atoms with Gasteiger partial charge in [-0.25, -0.2) is 9.97 Å². The van der Waals surface area contributed by atoms with Crippen LogP contribution in [0, 0.1) is 11.3 Å². The zero-order chi connectivity index (χ0) is 33.5. The number of nitrogens with one attached hydrogen (secondary N) is 1. The first-order valence-corrected chi connectivity index (χ1v) is 17.5. The third-order valence-electron chi connectivity index (χ3n) is 10.8. The number of rotatable bonds is 8. The predicted octanol–water partition coefficient (Wildman–Crippen LogP) is 3.36. The summed E-state index contributed by atoms with van der Waals surface area (Å²) in [6, 6.07) is 12.2. The van der Waals surface area contributed by atoms with Crippen LogP contribution in [0.25, 0.3) is 28.0 Å². The Morgan fingerprint density at radius 3 is 2.51 bits per heavy atom. The number of H-pyrrole nitrogens is 1. The quantitative estimate of drug-likeness (QED) is 0.302. The average molecular weight is 665 g/mol. The van der Waals surface area contributed by atoms with Gasteiger partial charge < -0.3 is 14.5 Å². The zero-order valence-electron chi connectivity index (χ0n) is 28.3. The normalized spacial score (nSPS) is 20.9. The lowest BCUT2D eigenvalue weighted by molar-refractivity contribution is -0.132. The lowest BCUT2D eigenvalue weighted by Gasteiger charge is -2.47. The molecule has 0 radical (unpaired) electrons. The second-order valence-electron chi connectivity index (χ2n) is 14.0. The molecule has 13 heteroatoms. The maximum Gasteiger partial charge on any atom is 0.237 e. The maximum absolute atomic E-state index is 13.9. The SMILES string of the molecule is CCN(C(=O)[C@@H]1CCN(CC(=O)N2CC=C(c3ccc(-c4ncn(C)n4)cc3)CC2)C1)c1ccc2[nH]nc(N3CCC4(CC3)COC4)c2n1. The van der Waals surface area contributed by atoms with Gasteiger partial charge in [-0.3, -0.25) is 29.2 Å². The van der Waals surface area contributed by atoms with E-state index in [1.165, 1.54) is 5.57 Å². The van der Waals surface area contributed by atoms with Gasteiger partial charge >= 0.3 is 0 Å². The summed E-state index contributed by atoms with van der Waals surface area (Å²) in [5.74, 6) is 2.22. The molecule has 0 unspecified atom stereocenters. The predicted molar refractivity (Wildman–Crippen MR) is 187 cm³/mol. The van der Waals surface area contributed by atoms with Crippen molar-refractivity contribution in [2.45, 2.75) is 32.6 Å². The maximum atomic E-state index is 13.9. The van der Waals surface area contributed by atoms with Gasteiger partial charge in [-0.2, -0.15) is 10.2 Å². The molecular formula is C36H44N10O3. The van der Waals surface area contributed by atoms with Crippen LogP contribution in [0.1, 0.15) is 38.2 Å². The van der Waals surface area contributed by atoms with Crippen LogP contribution in [0.5, 0.6) is 0 Å². The fraction of sp³-hybridized carbons (Fsp3) is 0.500. The van der Waals surface area contributed by atoms with E-state index >= 15 is 0 Å². The third kappa shape index (κ3) is 6.21. The Bertz CT molecular complexity index is 1870. The number of aryl methyl sites for hydroxylation is 1. The van der Waals surface area contributed by atoms with E-state index in [0.717, 1.165) is 86.5 Å². The van der Waals surface area contributed by atoms with Crippen molar-refractivity contribution in [2.24, 2.45) is 18.4 Å². The molecule has 256 valence electrons. The highest BCUT2D eigenvalue weighted by Gasteiger charge is 2.42. The molecule has 13 nitrogen and oxygen atoms in total. The zero-order valence-corrected chi connectivity index (χ0v) is 28.3. The Labute approximate surface area is 285 Å². The van der Waals surface area contributed by atoms with E-state index in [1.807, 2.05) is 43.1 Å². The molecule has 4 aliphatic rings. The number of hydrogen-bond acceptors (Lipinski definition) is 9. The van der Waals surface area contributed by atoms with Crippen molar-refractivity contribution >= 4 is 40.1 Å². The summed E-state index contributed by atoms with van der Waals surface area (Å²) in [6.07, 6.45) is 7.58. The van der Waals surface area contributed by atoms with Crippen LogP contribution >= 0.6 is 0 Å². The molecule has 3 saturated heterocycles. The Morgan fingerprint density at radius 1 is 1.04 bits per heavy atom. The monoisotopic (exact) mass is 664 g/mol. The number of hydrogen-bond donors (Lipinski definition) is 1. The molecule has 1 N–H and O–H groups in total. The number of likely N-dealkylation sites (tertiary alicyclic amines) is 1. The van der Waals surface area contributed by atoms with E-state index in [9.17, 15) is 9.59 Å². The van der Waals surface area contributed by atoms with Gasteiger partial charge in [0.15, 0.2) is 11.6 Å². The molecule has 3 aromatic heterocycles. The van der Waals surface area contributed by atoms with Crippen molar-refractivity contribution in [3.05, 3.63) is 54.4 Å². The number of aromatic amines is 1. The van der Waals surface area contributed by atoms with Crippen LogP contribution in [-0.4, -0.2) is 117 Å². The van der Waals surface area contributed by atoms with Gasteiger partial charge in [0, 0.05) is 57.3 Å². The minimum atomic E-state index is -0.172. The van der Waals surface area contributed by atoms with Crippen LogP contribution in [0.3, 0.4) is 0 Å². The molecule has 7 heterocycles. The summed E-state index contributed by atoms with van der Waals surface area (Å²) in [4.78, 5) is 44.6. The fourth-order valence-corrected chi connectivity index (χ4v) is 7.70. The number of pyridine rings is 1. The first kappa shape index (κ1) is 31.6. The van der Waals surface area contributed by atoms with Crippen LogP contribution in [-0.2, 0) is 21.4 Å². The highest BCUT2D eigenvalue weighted by Crippen LogP contribution is 2.40. The van der Waals surface area contributed by atoms with Gasteiger partial charge in [-0.05, 0) is 62.4 Å². The smallest absolute Gasteiger partial charge is 0.237 e. The topological polar surface area (TPSA) is 129 Å². The van der Waals surface area contributed by atoms with Crippen molar-refractivity contribution in [3.8, 4) is 11.4 Å². The van der Waals surface area contributed by atoms with E-state index in [0.29, 0.717) is 49.8 Å². The molecule has 4 aromatic rings. The number of piperidine rings is 1. The number of carbonyl (C=O) groups excluding carboxylic acids is 2. The van der Waals surface area contributed by atoms with Gasteiger partial charge in [0.25, 0.3) is 0 Å². The molecule has 3 fully saturated rings. The molecule has 1 aromatic carbocycles. The summed E-state index contributed by atoms with van der Waals surface area (Å²) in [5, 5.41) is 12.1. The minimum absolute atomic E-state index is 0.0645. The van der Waals surface area contributed by atoms with Gasteiger partial charge in [-0.15, -0.1) is 0 Å². The molecular weight excluding hydrogens is 620 g/mol. The van der Waals surface area contributed by atoms with Crippen LogP contribution in [0.15, 0.2) is 48.8 Å². The average Bonchev–Trinajstić information content (AvgIpc) is 3.88. The number of benzene rings is 1. The van der Waals surface area contributed by atoms with Gasteiger partial charge in [0.1, 0.15) is 17.7 Å². The summed E-state index contributed by atoms with van der Waals surface area (Å²) in [6.45, 7) is 9.01. The van der Waals surface area contributed by atoms with E-state index in [4.69, 9.17) is 9.72 Å². The lowest BCUT2D eigenvalue weighted by atomic mass is 9.77. The molecule has 49 heavy (non-hydrogen) atoms. The lowest BCUT2D eigenvalue weighted by Crippen LogP contribution is -2.51. The van der Waals surface area contributed by atoms with Crippen molar-refractivity contribution in [2.75, 3.05) is 75.4 Å². The standard InChI is InChI=1S/C36H44N10O3/c1-3-46(30-9-8-29-32(38-30)34(40-39-29)45-18-13-36(14-19-45)22-49-23-36)35(48)28-10-15-43(20-28)21-31(47)44-16-11-26(12-17-44)25-4-6-27(7-5-25)33-37-24-42(2)41-33/h4-9,11,24,28H,3,10,12-23H2,1-2H3,(H,39,40)/t28-/m1/s1. The number of fused-ring (bicyclic) bond motifs is 1. The summed E-state index contributed by atoms with van der Waals surface area (Å²) in [7, 11) is 1.86. The summed E-state index contributed by atoms with van der Waals surface area (Å²) >= 11 is 0. The van der Waals surface area contributed by atoms with Crippen LogP contribution in [0.2, 0.25) is 0 Å². The van der Waals surface area contributed by atoms with E-state index < -0.39 is 0 Å². The second-order valence-corrected chi connectivity index (χ2v) is 14.0. The highest BCUT2D eigenvalue weighted by molar-refractivity contribution is 5.96. The molecule has 0 aliphatic carbocycles. The van der Waals surface area contributed by atoms with E-state index in [1.54, 1.807) is 15.9 Å². The Morgan fingerprint density at radius 2 is 1.84 bits per heavy atom. The number of nitrogens with zero attached hydrogens (tertiary/aromatic N) is 9. The van der Waals surface area contributed by atoms with E-state index in [2.05, 4.69) is 48.3 Å². The fourth-order valence-electron chi connectivity index (χ4n) is 7.70. The van der Waals surface area contributed by atoms with Crippen molar-refractivity contribution in [3.63, 3.8) is 0 Å². The Kier molecular flexibility index (Phi) is 8.40. The van der Waals surface area contributed by atoms with Crippen LogP contribution < -0.4 is 9.80 Å². The number of carbonyl (C=O) groups is 2. The number of anilines is 2. The molecule has 8 rings (SSSR count). The first-order chi connectivity index (χ1) is 23.9. The summed E-state index contributed by atoms with van der Waals surface area (Å²) in [5.41, 5.74) is 5.41. The third-order valence-corrected chi connectivity index (χ3v) is 10.8. The van der Waals surface area contributed by atoms with Crippen molar-refractivity contribution < 1.29 is 14.3 Å². The van der Waals surface area contributed by atoms with Crippen molar-refractivity contribution in [1.82, 2.24) is 39.7 Å². The first-order valence-electron chi connectivity index (χ1n) is 17.5. The Balaban J connectivity index is 0.861. The molecule has 0 bridgehead atoms. The van der Waals surface area contributed by atoms with Crippen LogP contribution in [0.4, 0.5) is 11.6 Å². The largest absolute Gasteiger partial charge is 0.380 e. The molecule has 1 spiro atoms. The van der Waals surface area contributed by atoms with Gasteiger partial charge in [-0.1, -0.05) is 30.3 Å². The highest BCUT2D eigenvalue weighted by atomic mass is 16.5. The Hall–Kier alpha value is -4.62. The molecule has 4 aliphatic heterocycles. The van der Waals surface area contributed by atoms with Gasteiger partial charge in [0.2, 0.25) is 11.8 Å².